The number of primary amides is 1. The lowest BCUT2D eigenvalue weighted by atomic mass is 9.99. The SMILES string of the molecule is NC(=O)c1ccccc1NC(=O)C1CN(c2nc3ccc(F)cc3s2)C1. The van der Waals surface area contributed by atoms with Crippen LogP contribution in [0.2, 0.25) is 0 Å². The van der Waals surface area contributed by atoms with Gasteiger partial charge >= 0.3 is 0 Å². The van der Waals surface area contributed by atoms with Crippen LogP contribution in [-0.2, 0) is 4.79 Å². The molecule has 0 saturated carbocycles. The van der Waals surface area contributed by atoms with Crippen LogP contribution in [0.15, 0.2) is 42.5 Å². The zero-order valence-corrected chi connectivity index (χ0v) is 14.4. The average molecular weight is 370 g/mol. The first-order valence-corrected chi connectivity index (χ1v) is 8.83. The lowest BCUT2D eigenvalue weighted by Crippen LogP contribution is -2.52. The van der Waals surface area contributed by atoms with Crippen molar-refractivity contribution in [2.24, 2.45) is 11.7 Å². The number of anilines is 2. The summed E-state index contributed by atoms with van der Waals surface area (Å²) in [6.45, 7) is 1.04. The Labute approximate surface area is 152 Å². The van der Waals surface area contributed by atoms with E-state index in [0.717, 1.165) is 15.3 Å². The number of thiazole rings is 1. The molecule has 0 aliphatic carbocycles. The summed E-state index contributed by atoms with van der Waals surface area (Å²) in [6, 6.07) is 11.1. The van der Waals surface area contributed by atoms with E-state index in [-0.39, 0.29) is 23.2 Å². The van der Waals surface area contributed by atoms with Crippen LogP contribution in [0.25, 0.3) is 10.2 Å². The summed E-state index contributed by atoms with van der Waals surface area (Å²) in [4.78, 5) is 30.3. The normalized spacial score (nSPS) is 14.3. The third-order valence-electron chi connectivity index (χ3n) is 4.31. The minimum absolute atomic E-state index is 0.165. The van der Waals surface area contributed by atoms with E-state index in [1.54, 1.807) is 30.3 Å². The Bertz CT molecular complexity index is 1010. The molecule has 0 bridgehead atoms. The number of nitrogens with two attached hydrogens (primary N) is 1. The van der Waals surface area contributed by atoms with Crippen molar-refractivity contribution in [3.63, 3.8) is 0 Å². The zero-order valence-electron chi connectivity index (χ0n) is 13.6. The van der Waals surface area contributed by atoms with Crippen molar-refractivity contribution in [2.75, 3.05) is 23.3 Å². The molecule has 3 N–H and O–H groups in total. The van der Waals surface area contributed by atoms with E-state index in [4.69, 9.17) is 5.73 Å². The number of benzene rings is 2. The number of aromatic nitrogens is 1. The van der Waals surface area contributed by atoms with Crippen LogP contribution in [0.1, 0.15) is 10.4 Å². The summed E-state index contributed by atoms with van der Waals surface area (Å²) in [6.07, 6.45) is 0. The number of fused-ring (bicyclic) bond motifs is 1. The summed E-state index contributed by atoms with van der Waals surface area (Å²) in [5.41, 5.74) is 6.77. The van der Waals surface area contributed by atoms with Crippen LogP contribution >= 0.6 is 11.3 Å². The standard InChI is InChI=1S/C18H15FN4O2S/c19-11-5-6-14-15(7-11)26-18(22-14)23-8-10(9-23)17(25)21-13-4-2-1-3-12(13)16(20)24/h1-7,10H,8-9H2,(H2,20,24)(H,21,25). The zero-order chi connectivity index (χ0) is 18.3. The molecular formula is C18H15FN4O2S. The van der Waals surface area contributed by atoms with Gasteiger partial charge in [0.15, 0.2) is 5.13 Å². The molecule has 132 valence electrons. The predicted molar refractivity (Wildman–Crippen MR) is 98.9 cm³/mol. The van der Waals surface area contributed by atoms with Gasteiger partial charge in [0, 0.05) is 13.1 Å². The van der Waals surface area contributed by atoms with Gasteiger partial charge in [-0.2, -0.15) is 0 Å². The molecule has 1 fully saturated rings. The van der Waals surface area contributed by atoms with E-state index < -0.39 is 5.91 Å². The minimum atomic E-state index is -0.585. The first-order chi connectivity index (χ1) is 12.5. The molecule has 0 unspecified atom stereocenters. The van der Waals surface area contributed by atoms with Crippen molar-refractivity contribution >= 4 is 44.2 Å². The third-order valence-corrected chi connectivity index (χ3v) is 5.39. The van der Waals surface area contributed by atoms with Gasteiger partial charge in [0.05, 0.1) is 27.4 Å². The molecule has 1 saturated heterocycles. The van der Waals surface area contributed by atoms with Crippen molar-refractivity contribution in [3.8, 4) is 0 Å². The van der Waals surface area contributed by atoms with Crippen LogP contribution in [-0.4, -0.2) is 29.9 Å². The quantitative estimate of drug-likeness (QED) is 0.739. The molecule has 0 atom stereocenters. The number of rotatable bonds is 4. The molecule has 0 radical (unpaired) electrons. The van der Waals surface area contributed by atoms with Gasteiger partial charge in [-0.05, 0) is 30.3 Å². The third kappa shape index (κ3) is 2.99. The van der Waals surface area contributed by atoms with E-state index in [1.165, 1.54) is 23.5 Å². The lowest BCUT2D eigenvalue weighted by Gasteiger charge is -2.38. The van der Waals surface area contributed by atoms with E-state index in [9.17, 15) is 14.0 Å². The van der Waals surface area contributed by atoms with E-state index in [1.807, 2.05) is 4.90 Å². The molecule has 2 aromatic carbocycles. The Morgan fingerprint density at radius 1 is 1.23 bits per heavy atom. The summed E-state index contributed by atoms with van der Waals surface area (Å²) in [7, 11) is 0. The lowest BCUT2D eigenvalue weighted by molar-refractivity contribution is -0.120. The highest BCUT2D eigenvalue weighted by Gasteiger charge is 2.34. The highest BCUT2D eigenvalue weighted by Crippen LogP contribution is 2.33. The Balaban J connectivity index is 1.42. The van der Waals surface area contributed by atoms with Crippen LogP contribution in [0, 0.1) is 11.7 Å². The number of halogens is 1. The van der Waals surface area contributed by atoms with E-state index >= 15 is 0 Å². The fourth-order valence-electron chi connectivity index (χ4n) is 2.86. The fraction of sp³-hybridized carbons (Fsp3) is 0.167. The van der Waals surface area contributed by atoms with Crippen molar-refractivity contribution in [1.82, 2.24) is 4.98 Å². The molecule has 6 nitrogen and oxygen atoms in total. The summed E-state index contributed by atoms with van der Waals surface area (Å²) in [5.74, 6) is -1.25. The molecule has 0 spiro atoms. The topological polar surface area (TPSA) is 88.3 Å². The molecule has 1 aliphatic rings. The van der Waals surface area contributed by atoms with Crippen molar-refractivity contribution < 1.29 is 14.0 Å². The molecule has 3 aromatic rings. The van der Waals surface area contributed by atoms with Crippen LogP contribution in [0.5, 0.6) is 0 Å². The van der Waals surface area contributed by atoms with E-state index in [0.29, 0.717) is 18.8 Å². The molecule has 26 heavy (non-hydrogen) atoms. The van der Waals surface area contributed by atoms with Crippen LogP contribution in [0.4, 0.5) is 15.2 Å². The van der Waals surface area contributed by atoms with Gasteiger partial charge in [-0.15, -0.1) is 0 Å². The van der Waals surface area contributed by atoms with Gasteiger partial charge in [-0.3, -0.25) is 9.59 Å². The van der Waals surface area contributed by atoms with Crippen molar-refractivity contribution in [2.45, 2.75) is 0 Å². The second-order valence-electron chi connectivity index (χ2n) is 6.11. The number of hydrogen-bond donors (Lipinski definition) is 2. The highest BCUT2D eigenvalue weighted by molar-refractivity contribution is 7.22. The largest absolute Gasteiger partial charge is 0.366 e. The molecule has 1 aromatic heterocycles. The minimum Gasteiger partial charge on any atom is -0.366 e. The molecule has 2 amide bonds. The molecule has 1 aliphatic heterocycles. The average Bonchev–Trinajstić information content (AvgIpc) is 2.96. The maximum absolute atomic E-state index is 13.3. The predicted octanol–water partition coefficient (Wildman–Crippen LogP) is 2.61. The first kappa shape index (κ1) is 16.5. The van der Waals surface area contributed by atoms with Gasteiger partial charge in [-0.25, -0.2) is 9.37 Å². The Morgan fingerprint density at radius 3 is 2.77 bits per heavy atom. The van der Waals surface area contributed by atoms with E-state index in [2.05, 4.69) is 10.3 Å². The van der Waals surface area contributed by atoms with Crippen LogP contribution in [0.3, 0.4) is 0 Å². The van der Waals surface area contributed by atoms with Crippen molar-refractivity contribution in [3.05, 3.63) is 53.8 Å². The number of amides is 2. The van der Waals surface area contributed by atoms with Gasteiger partial charge < -0.3 is 16.0 Å². The molecule has 4 rings (SSSR count). The number of para-hydroxylation sites is 1. The monoisotopic (exact) mass is 370 g/mol. The molecule has 8 heteroatoms. The number of carbonyl (C=O) groups is 2. The van der Waals surface area contributed by atoms with Gasteiger partial charge in [-0.1, -0.05) is 23.5 Å². The first-order valence-electron chi connectivity index (χ1n) is 8.02. The van der Waals surface area contributed by atoms with Gasteiger partial charge in [0.2, 0.25) is 5.91 Å². The second-order valence-corrected chi connectivity index (χ2v) is 7.12. The number of nitrogens with one attached hydrogen (secondary N) is 1. The Kier molecular flexibility index (Phi) is 4.04. The molecule has 2 heterocycles. The Hall–Kier alpha value is -3.00. The molecular weight excluding hydrogens is 355 g/mol. The maximum atomic E-state index is 13.3. The number of hydrogen-bond acceptors (Lipinski definition) is 5. The smallest absolute Gasteiger partial charge is 0.250 e. The maximum Gasteiger partial charge on any atom is 0.250 e. The highest BCUT2D eigenvalue weighted by atomic mass is 32.1. The Morgan fingerprint density at radius 2 is 2.00 bits per heavy atom. The van der Waals surface area contributed by atoms with Gasteiger partial charge in [0.25, 0.3) is 5.91 Å². The second kappa shape index (κ2) is 6.38. The van der Waals surface area contributed by atoms with Crippen molar-refractivity contribution in [1.29, 1.82) is 0 Å². The summed E-state index contributed by atoms with van der Waals surface area (Å²) >= 11 is 1.40. The van der Waals surface area contributed by atoms with Gasteiger partial charge in [0.1, 0.15) is 5.82 Å². The summed E-state index contributed by atoms with van der Waals surface area (Å²) < 4.78 is 14.1. The number of carbonyl (C=O) groups excluding carboxylic acids is 2. The number of nitrogens with zero attached hydrogens (tertiary/aromatic N) is 2. The van der Waals surface area contributed by atoms with Crippen LogP contribution < -0.4 is 16.0 Å². The summed E-state index contributed by atoms with van der Waals surface area (Å²) in [5, 5.41) is 3.54. The fourth-order valence-corrected chi connectivity index (χ4v) is 3.87.